The van der Waals surface area contributed by atoms with Crippen LogP contribution in [0.2, 0.25) is 0 Å². The van der Waals surface area contributed by atoms with E-state index >= 15 is 0 Å². The number of methoxy groups -OCH3 is 1. The van der Waals surface area contributed by atoms with Gasteiger partial charge in [-0.3, -0.25) is 9.59 Å². The molecule has 0 radical (unpaired) electrons. The molecule has 0 aromatic heterocycles. The normalized spacial score (nSPS) is 22.8. The van der Waals surface area contributed by atoms with Crippen LogP contribution in [0.15, 0.2) is 48.5 Å². The summed E-state index contributed by atoms with van der Waals surface area (Å²) in [4.78, 5) is 28.0. The number of benzene rings is 2. The monoisotopic (exact) mass is 337 g/mol. The van der Waals surface area contributed by atoms with Crippen LogP contribution in [-0.4, -0.2) is 31.5 Å². The fourth-order valence-electron chi connectivity index (χ4n) is 3.85. The standard InChI is InChI=1S/C20H20N2O3/c1-25-17-8-6-16(7-9-17)22-19(23)12-18(20(22)24)21-11-10-14-4-2-3-5-15(14)13-21/h2-9,18H,10-13H2,1H3/p+1. The molecule has 1 N–H and O–H groups in total. The van der Waals surface area contributed by atoms with Crippen molar-refractivity contribution >= 4 is 17.5 Å². The second kappa shape index (κ2) is 6.33. The number of imide groups is 1. The maximum Gasteiger partial charge on any atom is 0.292 e. The number of anilines is 1. The number of hydrogen-bond donors (Lipinski definition) is 1. The van der Waals surface area contributed by atoms with Crippen molar-refractivity contribution in [3.05, 3.63) is 59.7 Å². The molecule has 1 saturated heterocycles. The molecule has 128 valence electrons. The topological polar surface area (TPSA) is 51.0 Å². The predicted molar refractivity (Wildman–Crippen MR) is 93.6 cm³/mol. The molecule has 5 heteroatoms. The van der Waals surface area contributed by atoms with E-state index in [1.165, 1.54) is 20.9 Å². The number of nitrogens with one attached hydrogen (secondary N) is 1. The van der Waals surface area contributed by atoms with Gasteiger partial charge in [-0.25, -0.2) is 4.90 Å². The van der Waals surface area contributed by atoms with E-state index in [1.54, 1.807) is 31.4 Å². The number of carbonyl (C=O) groups is 2. The van der Waals surface area contributed by atoms with Crippen LogP contribution in [0.4, 0.5) is 5.69 Å². The first-order chi connectivity index (χ1) is 12.2. The van der Waals surface area contributed by atoms with Crippen molar-refractivity contribution in [2.24, 2.45) is 0 Å². The largest absolute Gasteiger partial charge is 0.497 e. The van der Waals surface area contributed by atoms with Crippen LogP contribution in [-0.2, 0) is 22.6 Å². The number of fused-ring (bicyclic) bond motifs is 1. The molecule has 2 amide bonds. The number of ether oxygens (including phenoxy) is 1. The molecule has 2 aliphatic rings. The van der Waals surface area contributed by atoms with Gasteiger partial charge in [-0.1, -0.05) is 24.3 Å². The average molecular weight is 337 g/mol. The van der Waals surface area contributed by atoms with Crippen molar-refractivity contribution in [3.8, 4) is 5.75 Å². The Morgan fingerprint density at radius 1 is 1.04 bits per heavy atom. The molecule has 4 rings (SSSR count). The summed E-state index contributed by atoms with van der Waals surface area (Å²) >= 11 is 0. The van der Waals surface area contributed by atoms with Gasteiger partial charge >= 0.3 is 0 Å². The summed E-state index contributed by atoms with van der Waals surface area (Å²) in [6.45, 7) is 1.69. The number of carbonyl (C=O) groups excluding carboxylic acids is 2. The number of nitrogens with zero attached hydrogens (tertiary/aromatic N) is 1. The third-order valence-corrected chi connectivity index (χ3v) is 5.22. The van der Waals surface area contributed by atoms with Gasteiger partial charge in [0.15, 0.2) is 6.04 Å². The molecule has 1 fully saturated rings. The number of quaternary nitrogens is 1. The van der Waals surface area contributed by atoms with Crippen molar-refractivity contribution in [1.82, 2.24) is 0 Å². The second-order valence-corrected chi connectivity index (χ2v) is 6.63. The van der Waals surface area contributed by atoms with Crippen LogP contribution in [0.25, 0.3) is 0 Å². The van der Waals surface area contributed by atoms with Gasteiger partial charge in [-0.2, -0.15) is 0 Å². The van der Waals surface area contributed by atoms with E-state index in [1.807, 2.05) is 6.07 Å². The SMILES string of the molecule is COc1ccc(N2C(=O)CC([NH+]3CCc4ccccc4C3)C2=O)cc1. The van der Waals surface area contributed by atoms with Gasteiger partial charge in [-0.05, 0) is 29.8 Å². The molecule has 5 nitrogen and oxygen atoms in total. The summed E-state index contributed by atoms with van der Waals surface area (Å²) in [5, 5.41) is 0. The summed E-state index contributed by atoms with van der Waals surface area (Å²) < 4.78 is 5.14. The first kappa shape index (κ1) is 15.8. The quantitative estimate of drug-likeness (QED) is 0.849. The van der Waals surface area contributed by atoms with Gasteiger partial charge in [0.25, 0.3) is 5.91 Å². The third kappa shape index (κ3) is 2.81. The molecule has 0 bridgehead atoms. The van der Waals surface area contributed by atoms with Crippen LogP contribution in [0.5, 0.6) is 5.75 Å². The number of amides is 2. The van der Waals surface area contributed by atoms with E-state index in [0.717, 1.165) is 19.5 Å². The van der Waals surface area contributed by atoms with Gasteiger partial charge < -0.3 is 9.64 Å². The van der Waals surface area contributed by atoms with Crippen molar-refractivity contribution in [2.75, 3.05) is 18.6 Å². The van der Waals surface area contributed by atoms with Crippen LogP contribution < -0.4 is 14.5 Å². The summed E-state index contributed by atoms with van der Waals surface area (Å²) in [5.41, 5.74) is 3.26. The molecule has 2 unspecified atom stereocenters. The van der Waals surface area contributed by atoms with Crippen molar-refractivity contribution in [2.45, 2.75) is 25.4 Å². The number of rotatable bonds is 3. The van der Waals surface area contributed by atoms with E-state index in [2.05, 4.69) is 18.2 Å². The molecule has 0 aliphatic carbocycles. The Morgan fingerprint density at radius 3 is 2.48 bits per heavy atom. The van der Waals surface area contributed by atoms with Gasteiger partial charge in [0.1, 0.15) is 12.3 Å². The minimum atomic E-state index is -0.289. The molecule has 0 spiro atoms. The van der Waals surface area contributed by atoms with Crippen molar-refractivity contribution < 1.29 is 19.2 Å². The minimum Gasteiger partial charge on any atom is -0.497 e. The first-order valence-electron chi connectivity index (χ1n) is 8.59. The van der Waals surface area contributed by atoms with Crippen molar-refractivity contribution in [1.29, 1.82) is 0 Å². The van der Waals surface area contributed by atoms with E-state index in [-0.39, 0.29) is 24.3 Å². The Balaban J connectivity index is 1.55. The zero-order valence-electron chi connectivity index (χ0n) is 14.2. The lowest BCUT2D eigenvalue weighted by Gasteiger charge is -2.29. The molecule has 0 saturated carbocycles. The zero-order chi connectivity index (χ0) is 17.4. The minimum absolute atomic E-state index is 0.0930. The van der Waals surface area contributed by atoms with Crippen LogP contribution >= 0.6 is 0 Å². The third-order valence-electron chi connectivity index (χ3n) is 5.22. The van der Waals surface area contributed by atoms with E-state index in [4.69, 9.17) is 4.74 Å². The predicted octanol–water partition coefficient (Wildman–Crippen LogP) is 0.968. The fourth-order valence-corrected chi connectivity index (χ4v) is 3.85. The van der Waals surface area contributed by atoms with E-state index < -0.39 is 0 Å². The van der Waals surface area contributed by atoms with Crippen LogP contribution in [0.1, 0.15) is 17.5 Å². The Kier molecular flexibility index (Phi) is 4.01. The van der Waals surface area contributed by atoms with Crippen LogP contribution in [0.3, 0.4) is 0 Å². The lowest BCUT2D eigenvalue weighted by molar-refractivity contribution is -0.930. The highest BCUT2D eigenvalue weighted by molar-refractivity contribution is 6.21. The highest BCUT2D eigenvalue weighted by atomic mass is 16.5. The molecular weight excluding hydrogens is 316 g/mol. The van der Waals surface area contributed by atoms with Gasteiger partial charge in [0, 0.05) is 12.0 Å². The van der Waals surface area contributed by atoms with Gasteiger partial charge in [0.05, 0.1) is 25.8 Å². The smallest absolute Gasteiger partial charge is 0.292 e. The molecule has 25 heavy (non-hydrogen) atoms. The van der Waals surface area contributed by atoms with Gasteiger partial charge in [-0.15, -0.1) is 0 Å². The molecule has 2 aromatic carbocycles. The Hall–Kier alpha value is -2.66. The fraction of sp³-hybridized carbons (Fsp3) is 0.300. The highest BCUT2D eigenvalue weighted by Gasteiger charge is 2.46. The number of hydrogen-bond acceptors (Lipinski definition) is 3. The summed E-state index contributed by atoms with van der Waals surface area (Å²) in [5.74, 6) is 0.494. The van der Waals surface area contributed by atoms with Gasteiger partial charge in [0.2, 0.25) is 5.91 Å². The Morgan fingerprint density at radius 2 is 1.76 bits per heavy atom. The molecule has 2 aromatic rings. The summed E-state index contributed by atoms with van der Waals surface area (Å²) in [7, 11) is 1.59. The maximum atomic E-state index is 12.9. The summed E-state index contributed by atoms with van der Waals surface area (Å²) in [6, 6.07) is 15.1. The zero-order valence-corrected chi connectivity index (χ0v) is 14.2. The molecule has 2 heterocycles. The van der Waals surface area contributed by atoms with Crippen LogP contribution in [0, 0.1) is 0 Å². The first-order valence-corrected chi connectivity index (χ1v) is 8.59. The lowest BCUT2D eigenvalue weighted by atomic mass is 9.98. The average Bonchev–Trinajstić information content (AvgIpc) is 2.96. The Bertz CT molecular complexity index is 816. The lowest BCUT2D eigenvalue weighted by Crippen LogP contribution is -3.16. The highest BCUT2D eigenvalue weighted by Crippen LogP contribution is 2.25. The van der Waals surface area contributed by atoms with Crippen molar-refractivity contribution in [3.63, 3.8) is 0 Å². The van der Waals surface area contributed by atoms with E-state index in [9.17, 15) is 9.59 Å². The maximum absolute atomic E-state index is 12.9. The molecule has 2 atom stereocenters. The molecular formula is C20H21N2O3+. The summed E-state index contributed by atoms with van der Waals surface area (Å²) in [6.07, 6.45) is 1.23. The molecule has 2 aliphatic heterocycles. The second-order valence-electron chi connectivity index (χ2n) is 6.63. The Labute approximate surface area is 146 Å². The van der Waals surface area contributed by atoms with E-state index in [0.29, 0.717) is 11.4 Å².